The first-order valence-corrected chi connectivity index (χ1v) is 16.5. The first-order valence-electron chi connectivity index (χ1n) is 16.5. The Morgan fingerprint density at radius 3 is 1.49 bits per heavy atom. The van der Waals surface area contributed by atoms with Gasteiger partial charge in [0, 0.05) is 32.8 Å². The molecule has 0 aliphatic heterocycles. The van der Waals surface area contributed by atoms with Crippen molar-refractivity contribution in [2.24, 2.45) is 0 Å². The highest BCUT2D eigenvalue weighted by Gasteiger charge is 2.22. The zero-order valence-corrected chi connectivity index (χ0v) is 26.3. The molecule has 0 fully saturated rings. The summed E-state index contributed by atoms with van der Waals surface area (Å²) in [5, 5.41) is 8.60. The van der Waals surface area contributed by atoms with Gasteiger partial charge < -0.3 is 4.42 Å². The lowest BCUT2D eigenvalue weighted by atomic mass is 9.93. The van der Waals surface area contributed by atoms with E-state index < -0.39 is 0 Å². The summed E-state index contributed by atoms with van der Waals surface area (Å²) in [7, 11) is 0. The number of fused-ring (bicyclic) bond motifs is 7. The van der Waals surface area contributed by atoms with Gasteiger partial charge in [-0.3, -0.25) is 0 Å². The Morgan fingerprint density at radius 1 is 0.347 bits per heavy atom. The van der Waals surface area contributed by atoms with Gasteiger partial charge in [0.2, 0.25) is 0 Å². The molecule has 0 unspecified atom stereocenters. The summed E-state index contributed by atoms with van der Waals surface area (Å²) in [5.74, 6) is 1.86. The molecule has 0 bridgehead atoms. The van der Waals surface area contributed by atoms with Crippen LogP contribution < -0.4 is 0 Å². The van der Waals surface area contributed by atoms with E-state index in [1.54, 1.807) is 0 Å². The molecule has 49 heavy (non-hydrogen) atoms. The predicted molar refractivity (Wildman–Crippen MR) is 201 cm³/mol. The second-order valence-corrected chi connectivity index (χ2v) is 12.4. The molecule has 0 saturated heterocycles. The summed E-state index contributed by atoms with van der Waals surface area (Å²) in [6.45, 7) is 0. The zero-order valence-electron chi connectivity index (χ0n) is 26.3. The fraction of sp³-hybridized carbons (Fsp3) is 0. The second kappa shape index (κ2) is 11.0. The molecule has 10 rings (SSSR count). The Bertz CT molecular complexity index is 2780. The largest absolute Gasteiger partial charge is 0.455 e. The van der Waals surface area contributed by atoms with Crippen molar-refractivity contribution in [2.45, 2.75) is 0 Å². The fourth-order valence-corrected chi connectivity index (χ4v) is 7.27. The molecule has 0 atom stereocenters. The third kappa shape index (κ3) is 4.42. The Labute approximate surface area is 282 Å². The zero-order chi connectivity index (χ0) is 32.3. The smallest absolute Gasteiger partial charge is 0.164 e. The molecule has 4 heteroatoms. The van der Waals surface area contributed by atoms with Gasteiger partial charge in [-0.2, -0.15) is 0 Å². The molecule has 4 nitrogen and oxygen atoms in total. The van der Waals surface area contributed by atoms with Gasteiger partial charge >= 0.3 is 0 Å². The van der Waals surface area contributed by atoms with Crippen LogP contribution in [0, 0.1) is 0 Å². The average Bonchev–Trinajstić information content (AvgIpc) is 3.57. The van der Waals surface area contributed by atoms with Gasteiger partial charge in [0.15, 0.2) is 17.5 Å². The molecule has 2 heterocycles. The minimum absolute atomic E-state index is 0.601. The quantitative estimate of drug-likeness (QED) is 0.195. The maximum Gasteiger partial charge on any atom is 0.164 e. The van der Waals surface area contributed by atoms with E-state index in [-0.39, 0.29) is 0 Å². The molecule has 0 saturated carbocycles. The van der Waals surface area contributed by atoms with Crippen molar-refractivity contribution in [1.82, 2.24) is 15.0 Å². The first kappa shape index (κ1) is 27.5. The molecule has 0 aliphatic carbocycles. The minimum Gasteiger partial charge on any atom is -0.455 e. The maximum absolute atomic E-state index is 6.76. The normalized spacial score (nSPS) is 11.7. The molecular weight excluding hydrogens is 599 g/mol. The van der Waals surface area contributed by atoms with E-state index in [1.165, 1.54) is 0 Å². The van der Waals surface area contributed by atoms with Crippen LogP contribution in [0.2, 0.25) is 0 Å². The molecule has 8 aromatic carbocycles. The van der Waals surface area contributed by atoms with E-state index in [9.17, 15) is 0 Å². The van der Waals surface area contributed by atoms with Crippen molar-refractivity contribution in [2.75, 3.05) is 0 Å². The Kier molecular flexibility index (Phi) is 6.15. The summed E-state index contributed by atoms with van der Waals surface area (Å²) in [6.07, 6.45) is 0. The first-order chi connectivity index (χ1) is 24.3. The van der Waals surface area contributed by atoms with Crippen LogP contribution in [-0.2, 0) is 0 Å². The van der Waals surface area contributed by atoms with Gasteiger partial charge in [0.25, 0.3) is 0 Å². The standard InChI is InChI=1S/C45H27N3O/c1-2-13-30(14-3-1)34-23-12-19-31-27-38(41-37-22-8-9-26-39(37)49-42(41)40(31)34)45-47-43(35-24-10-17-28-15-4-6-20-32(28)35)46-44(48-45)36-25-11-18-29-16-5-7-21-33(29)36/h1-27H. The molecule has 10 aromatic rings. The van der Waals surface area contributed by atoms with Crippen molar-refractivity contribution >= 4 is 54.3 Å². The van der Waals surface area contributed by atoms with Crippen LogP contribution in [0.5, 0.6) is 0 Å². The highest BCUT2D eigenvalue weighted by molar-refractivity contribution is 6.23. The molecule has 228 valence electrons. The summed E-state index contributed by atoms with van der Waals surface area (Å²) < 4.78 is 6.76. The van der Waals surface area contributed by atoms with Gasteiger partial charge in [-0.25, -0.2) is 15.0 Å². The summed E-state index contributed by atoms with van der Waals surface area (Å²) in [6, 6.07) is 56.8. The van der Waals surface area contributed by atoms with E-state index in [0.717, 1.165) is 82.1 Å². The van der Waals surface area contributed by atoms with Crippen molar-refractivity contribution in [3.63, 3.8) is 0 Å². The number of hydrogen-bond donors (Lipinski definition) is 0. The van der Waals surface area contributed by atoms with Gasteiger partial charge in [0.1, 0.15) is 11.2 Å². The maximum atomic E-state index is 6.76. The number of para-hydroxylation sites is 1. The fourth-order valence-electron chi connectivity index (χ4n) is 7.27. The molecule has 2 aromatic heterocycles. The van der Waals surface area contributed by atoms with E-state index in [4.69, 9.17) is 19.4 Å². The van der Waals surface area contributed by atoms with E-state index in [1.807, 2.05) is 18.2 Å². The lowest BCUT2D eigenvalue weighted by Crippen LogP contribution is -2.01. The number of furan rings is 1. The molecule has 0 aliphatic rings. The lowest BCUT2D eigenvalue weighted by Gasteiger charge is -2.14. The molecule has 0 radical (unpaired) electrons. The number of hydrogen-bond acceptors (Lipinski definition) is 4. The van der Waals surface area contributed by atoms with Crippen molar-refractivity contribution in [3.05, 3.63) is 164 Å². The van der Waals surface area contributed by atoms with Crippen LogP contribution in [0.15, 0.2) is 168 Å². The topological polar surface area (TPSA) is 51.8 Å². The molecule has 0 spiro atoms. The van der Waals surface area contributed by atoms with Crippen LogP contribution >= 0.6 is 0 Å². The highest BCUT2D eigenvalue weighted by atomic mass is 16.3. The SMILES string of the molecule is c1ccc(-c2cccc3cc(-c4nc(-c5cccc6ccccc56)nc(-c5cccc6ccccc56)n4)c4c5ccccc5oc4c23)cc1. The van der Waals surface area contributed by atoms with E-state index >= 15 is 0 Å². The van der Waals surface area contributed by atoms with Crippen LogP contribution in [0.25, 0.3) is 99.5 Å². The van der Waals surface area contributed by atoms with Gasteiger partial charge in [-0.1, -0.05) is 152 Å². The Balaban J connectivity index is 1.33. The van der Waals surface area contributed by atoms with Crippen LogP contribution in [0.3, 0.4) is 0 Å². The van der Waals surface area contributed by atoms with Gasteiger partial charge in [0.05, 0.1) is 0 Å². The van der Waals surface area contributed by atoms with Crippen LogP contribution in [0.1, 0.15) is 0 Å². The Hall–Kier alpha value is -6.65. The average molecular weight is 626 g/mol. The van der Waals surface area contributed by atoms with Gasteiger partial charge in [-0.05, 0) is 50.2 Å². The second-order valence-electron chi connectivity index (χ2n) is 12.4. The monoisotopic (exact) mass is 625 g/mol. The lowest BCUT2D eigenvalue weighted by molar-refractivity contribution is 0.673. The predicted octanol–water partition coefficient (Wildman–Crippen LogP) is 11.9. The summed E-state index contributed by atoms with van der Waals surface area (Å²) in [4.78, 5) is 15.8. The number of rotatable bonds is 4. The minimum atomic E-state index is 0.601. The number of nitrogens with zero attached hydrogens (tertiary/aromatic N) is 3. The van der Waals surface area contributed by atoms with Crippen molar-refractivity contribution in [3.8, 4) is 45.3 Å². The molecular formula is C45H27N3O. The Morgan fingerprint density at radius 2 is 0.837 bits per heavy atom. The summed E-state index contributed by atoms with van der Waals surface area (Å²) in [5.41, 5.74) is 6.74. The van der Waals surface area contributed by atoms with Crippen LogP contribution in [-0.4, -0.2) is 15.0 Å². The van der Waals surface area contributed by atoms with Crippen LogP contribution in [0.4, 0.5) is 0 Å². The summed E-state index contributed by atoms with van der Waals surface area (Å²) >= 11 is 0. The number of aromatic nitrogens is 3. The van der Waals surface area contributed by atoms with E-state index in [2.05, 4.69) is 146 Å². The van der Waals surface area contributed by atoms with Gasteiger partial charge in [-0.15, -0.1) is 0 Å². The highest BCUT2D eigenvalue weighted by Crippen LogP contribution is 2.44. The van der Waals surface area contributed by atoms with Crippen molar-refractivity contribution in [1.29, 1.82) is 0 Å². The van der Waals surface area contributed by atoms with Crippen molar-refractivity contribution < 1.29 is 4.42 Å². The number of benzene rings is 8. The third-order valence-electron chi connectivity index (χ3n) is 9.51. The molecule has 0 N–H and O–H groups in total. The molecule has 0 amide bonds. The van der Waals surface area contributed by atoms with E-state index in [0.29, 0.717) is 17.5 Å². The third-order valence-corrected chi connectivity index (χ3v) is 9.51.